The first kappa shape index (κ1) is 18.8. The zero-order valence-corrected chi connectivity index (χ0v) is 16.6. The Kier molecular flexibility index (Phi) is 4.74. The summed E-state index contributed by atoms with van der Waals surface area (Å²) < 4.78 is 16.0. The summed E-state index contributed by atoms with van der Waals surface area (Å²) in [5.41, 5.74) is 1.13. The molecule has 0 radical (unpaired) electrons. The molecule has 3 atom stereocenters. The number of aromatic nitrogens is 5. The standard InChI is InChI=1S/C21H22FN7O/c1-27-13-25-26-19(27)12-28-9-15-10-29(21(30)18-8-23-5-6-24-18)20(17(15)11-28)14-3-2-4-16(22)7-14/h2-8,13,15,17,20H,9-12H2,1H3/t15-,17-,20+/m0/s1. The highest BCUT2D eigenvalue weighted by Crippen LogP contribution is 2.45. The van der Waals surface area contributed by atoms with E-state index in [0.29, 0.717) is 24.7 Å². The summed E-state index contributed by atoms with van der Waals surface area (Å²) in [5, 5.41) is 8.14. The molecule has 1 aromatic carbocycles. The van der Waals surface area contributed by atoms with Gasteiger partial charge in [-0.25, -0.2) is 9.37 Å². The number of amides is 1. The maximum Gasteiger partial charge on any atom is 0.274 e. The van der Waals surface area contributed by atoms with Crippen LogP contribution in [-0.4, -0.2) is 60.1 Å². The average Bonchev–Trinajstić information content (AvgIpc) is 3.43. The highest BCUT2D eigenvalue weighted by molar-refractivity contribution is 5.92. The summed E-state index contributed by atoms with van der Waals surface area (Å²) in [6.45, 7) is 2.98. The van der Waals surface area contributed by atoms with Crippen LogP contribution in [0.1, 0.15) is 27.9 Å². The van der Waals surface area contributed by atoms with Crippen molar-refractivity contribution >= 4 is 5.91 Å². The first-order chi connectivity index (χ1) is 14.6. The molecule has 4 heterocycles. The molecule has 30 heavy (non-hydrogen) atoms. The second-order valence-corrected chi connectivity index (χ2v) is 8.02. The van der Waals surface area contributed by atoms with Gasteiger partial charge >= 0.3 is 0 Å². The molecule has 1 amide bonds. The lowest BCUT2D eigenvalue weighted by molar-refractivity contribution is 0.0692. The van der Waals surface area contributed by atoms with Crippen molar-refractivity contribution in [1.82, 2.24) is 34.5 Å². The molecular formula is C21H22FN7O. The number of carbonyl (C=O) groups is 1. The van der Waals surface area contributed by atoms with Crippen LogP contribution in [0.25, 0.3) is 0 Å². The molecule has 0 spiro atoms. The Hall–Kier alpha value is -3.20. The lowest BCUT2D eigenvalue weighted by atomic mass is 9.89. The molecule has 8 nitrogen and oxygen atoms in total. The molecule has 0 unspecified atom stereocenters. The molecule has 5 rings (SSSR count). The lowest BCUT2D eigenvalue weighted by Crippen LogP contribution is -2.36. The number of benzene rings is 1. The van der Waals surface area contributed by atoms with Crippen molar-refractivity contribution < 1.29 is 9.18 Å². The Bertz CT molecular complexity index is 1060. The van der Waals surface area contributed by atoms with Crippen molar-refractivity contribution in [3.05, 3.63) is 72.1 Å². The van der Waals surface area contributed by atoms with Crippen LogP contribution in [0.3, 0.4) is 0 Å². The predicted molar refractivity (Wildman–Crippen MR) is 105 cm³/mol. The molecule has 154 valence electrons. The fourth-order valence-corrected chi connectivity index (χ4v) is 4.80. The van der Waals surface area contributed by atoms with Gasteiger partial charge in [0.1, 0.15) is 23.7 Å². The van der Waals surface area contributed by atoms with E-state index in [-0.39, 0.29) is 23.7 Å². The van der Waals surface area contributed by atoms with Crippen molar-refractivity contribution in [2.45, 2.75) is 12.6 Å². The van der Waals surface area contributed by atoms with Crippen LogP contribution in [0.2, 0.25) is 0 Å². The SMILES string of the molecule is Cn1cnnc1CN1C[C@H]2CN(C(=O)c3cnccn3)[C@H](c3cccc(F)c3)[C@H]2C1. The zero-order valence-electron chi connectivity index (χ0n) is 16.6. The van der Waals surface area contributed by atoms with Crippen LogP contribution in [0, 0.1) is 17.7 Å². The molecular weight excluding hydrogens is 385 g/mol. The molecule has 2 aliphatic rings. The van der Waals surface area contributed by atoms with E-state index in [1.165, 1.54) is 24.5 Å². The minimum atomic E-state index is -0.295. The van der Waals surface area contributed by atoms with Gasteiger partial charge in [-0.1, -0.05) is 12.1 Å². The first-order valence-electron chi connectivity index (χ1n) is 9.98. The maximum atomic E-state index is 14.0. The third-order valence-corrected chi connectivity index (χ3v) is 6.14. The van der Waals surface area contributed by atoms with Gasteiger partial charge in [0.15, 0.2) is 0 Å². The largest absolute Gasteiger partial charge is 0.330 e. The predicted octanol–water partition coefficient (Wildman–Crippen LogP) is 1.69. The van der Waals surface area contributed by atoms with Crippen molar-refractivity contribution in [1.29, 1.82) is 0 Å². The first-order valence-corrected chi connectivity index (χ1v) is 9.98. The number of halogens is 1. The number of nitrogens with zero attached hydrogens (tertiary/aromatic N) is 7. The minimum absolute atomic E-state index is 0.161. The molecule has 2 saturated heterocycles. The minimum Gasteiger partial charge on any atom is -0.330 e. The van der Waals surface area contributed by atoms with Gasteiger partial charge in [0.25, 0.3) is 5.91 Å². The van der Waals surface area contributed by atoms with Gasteiger partial charge in [-0.05, 0) is 23.6 Å². The van der Waals surface area contributed by atoms with Crippen LogP contribution in [0.4, 0.5) is 4.39 Å². The lowest BCUT2D eigenvalue weighted by Gasteiger charge is -2.29. The summed E-state index contributed by atoms with van der Waals surface area (Å²) in [7, 11) is 1.93. The number of hydrogen-bond acceptors (Lipinski definition) is 6. The Labute approximate surface area is 173 Å². The smallest absolute Gasteiger partial charge is 0.274 e. The second-order valence-electron chi connectivity index (χ2n) is 8.02. The fraction of sp³-hybridized carbons (Fsp3) is 0.381. The average molecular weight is 407 g/mol. The number of aryl methyl sites for hydroxylation is 1. The molecule has 2 fully saturated rings. The van der Waals surface area contributed by atoms with Gasteiger partial charge in [-0.3, -0.25) is 14.7 Å². The Morgan fingerprint density at radius 3 is 2.87 bits per heavy atom. The van der Waals surface area contributed by atoms with Crippen LogP contribution in [0.5, 0.6) is 0 Å². The Morgan fingerprint density at radius 1 is 1.23 bits per heavy atom. The van der Waals surface area contributed by atoms with E-state index >= 15 is 0 Å². The molecule has 0 bridgehead atoms. The molecule has 0 aliphatic carbocycles. The van der Waals surface area contributed by atoms with Crippen LogP contribution >= 0.6 is 0 Å². The summed E-state index contributed by atoms with van der Waals surface area (Å²) in [4.78, 5) is 25.6. The van der Waals surface area contributed by atoms with Crippen molar-refractivity contribution in [2.75, 3.05) is 19.6 Å². The van der Waals surface area contributed by atoms with E-state index in [9.17, 15) is 9.18 Å². The highest BCUT2D eigenvalue weighted by Gasteiger charge is 2.49. The summed E-state index contributed by atoms with van der Waals surface area (Å²) in [5.74, 6) is 0.959. The van der Waals surface area contributed by atoms with Gasteiger partial charge in [0.05, 0.1) is 18.8 Å². The van der Waals surface area contributed by atoms with E-state index in [1.807, 2.05) is 22.6 Å². The van der Waals surface area contributed by atoms with Crippen LogP contribution in [0.15, 0.2) is 49.2 Å². The molecule has 3 aromatic rings. The number of hydrogen-bond donors (Lipinski definition) is 0. The summed E-state index contributed by atoms with van der Waals surface area (Å²) in [6, 6.07) is 6.37. The van der Waals surface area contributed by atoms with E-state index in [1.54, 1.807) is 18.6 Å². The van der Waals surface area contributed by atoms with Gasteiger partial charge in [0.2, 0.25) is 0 Å². The normalized spacial score (nSPS) is 23.7. The third kappa shape index (κ3) is 3.35. The van der Waals surface area contributed by atoms with Crippen molar-refractivity contribution in [3.63, 3.8) is 0 Å². The summed E-state index contributed by atoms with van der Waals surface area (Å²) >= 11 is 0. The molecule has 0 N–H and O–H groups in total. The van der Waals surface area contributed by atoms with E-state index < -0.39 is 0 Å². The van der Waals surface area contributed by atoms with Crippen molar-refractivity contribution in [2.24, 2.45) is 18.9 Å². The van der Waals surface area contributed by atoms with Gasteiger partial charge in [-0.2, -0.15) is 0 Å². The topological polar surface area (TPSA) is 80.0 Å². The molecule has 9 heteroatoms. The summed E-state index contributed by atoms with van der Waals surface area (Å²) in [6.07, 6.45) is 6.25. The van der Waals surface area contributed by atoms with Gasteiger partial charge in [0, 0.05) is 45.0 Å². The molecule has 0 saturated carbocycles. The van der Waals surface area contributed by atoms with Crippen LogP contribution < -0.4 is 0 Å². The van der Waals surface area contributed by atoms with E-state index in [2.05, 4.69) is 25.1 Å². The number of likely N-dealkylation sites (tertiary alicyclic amines) is 2. The number of rotatable bonds is 4. The Balaban J connectivity index is 1.43. The second kappa shape index (κ2) is 7.56. The number of fused-ring (bicyclic) bond motifs is 1. The maximum absolute atomic E-state index is 14.0. The number of carbonyl (C=O) groups excluding carboxylic acids is 1. The third-order valence-electron chi connectivity index (χ3n) is 6.14. The molecule has 2 aromatic heterocycles. The quantitative estimate of drug-likeness (QED) is 0.655. The van der Waals surface area contributed by atoms with Gasteiger partial charge in [-0.15, -0.1) is 10.2 Å². The van der Waals surface area contributed by atoms with Crippen LogP contribution in [-0.2, 0) is 13.6 Å². The monoisotopic (exact) mass is 407 g/mol. The van der Waals surface area contributed by atoms with Crippen molar-refractivity contribution in [3.8, 4) is 0 Å². The Morgan fingerprint density at radius 2 is 2.13 bits per heavy atom. The van der Waals surface area contributed by atoms with E-state index in [0.717, 1.165) is 24.5 Å². The highest BCUT2D eigenvalue weighted by atomic mass is 19.1. The van der Waals surface area contributed by atoms with Gasteiger partial charge < -0.3 is 9.47 Å². The zero-order chi connectivity index (χ0) is 20.7. The fourth-order valence-electron chi connectivity index (χ4n) is 4.80. The molecule has 2 aliphatic heterocycles. The van der Waals surface area contributed by atoms with E-state index in [4.69, 9.17) is 0 Å².